The van der Waals surface area contributed by atoms with E-state index in [0.29, 0.717) is 28.4 Å². The van der Waals surface area contributed by atoms with Gasteiger partial charge in [0.1, 0.15) is 0 Å². The van der Waals surface area contributed by atoms with Crippen LogP contribution in [0.1, 0.15) is 92.7 Å². The predicted octanol–water partition coefficient (Wildman–Crippen LogP) is 10.1. The van der Waals surface area contributed by atoms with Crippen molar-refractivity contribution >= 4 is 59.3 Å². The van der Waals surface area contributed by atoms with Gasteiger partial charge in [0, 0.05) is 29.0 Å². The van der Waals surface area contributed by atoms with Crippen LogP contribution in [0.2, 0.25) is 28.2 Å². The Balaban J connectivity index is 1.78. The summed E-state index contributed by atoms with van der Waals surface area (Å²) in [5.41, 5.74) is -0.570. The highest BCUT2D eigenvalue weighted by Gasteiger charge is 2.44. The Morgan fingerprint density at radius 2 is 1.63 bits per heavy atom. The van der Waals surface area contributed by atoms with E-state index in [0.717, 1.165) is 29.0 Å². The summed E-state index contributed by atoms with van der Waals surface area (Å²) in [6.07, 6.45) is -0.552. The van der Waals surface area contributed by atoms with Crippen LogP contribution in [0.3, 0.4) is 0 Å². The number of hydrogen-bond donors (Lipinski definition) is 0. The molecule has 1 atom stereocenters. The van der Waals surface area contributed by atoms with E-state index in [2.05, 4.69) is 46.8 Å². The minimum absolute atomic E-state index is 0.0352. The average Bonchev–Trinajstić information content (AvgIpc) is 3.54. The summed E-state index contributed by atoms with van der Waals surface area (Å²) in [6.45, 7) is 7.95. The lowest BCUT2D eigenvalue weighted by Crippen LogP contribution is -2.42. The molecule has 2 aromatic heterocycles. The van der Waals surface area contributed by atoms with Crippen LogP contribution in [-0.4, -0.2) is 53.0 Å². The Morgan fingerprint density at radius 1 is 1.02 bits per heavy atom. The predicted molar refractivity (Wildman–Crippen MR) is 189 cm³/mol. The molecule has 1 aliphatic rings. The van der Waals surface area contributed by atoms with Crippen LogP contribution in [0.4, 0.5) is 13.2 Å². The van der Waals surface area contributed by atoms with Gasteiger partial charge in [-0.2, -0.15) is 18.3 Å². The van der Waals surface area contributed by atoms with E-state index in [1.54, 1.807) is 25.1 Å². The SMILES string of the molecule is CCOC(=O)[C@H]1CC[C@H](n2ncc(C(=O)N(Cc3ccccc3Br)CC(O[Si](CC)(CC)CC)c3c(Cl)cncc3Cl)c2C(F)(F)F)CC1. The molecule has 1 fully saturated rings. The highest BCUT2D eigenvalue weighted by molar-refractivity contribution is 9.10. The molecule has 3 aromatic rings. The lowest BCUT2D eigenvalue weighted by molar-refractivity contribution is -0.151. The quantitative estimate of drug-likeness (QED) is 0.119. The molecule has 1 saturated carbocycles. The largest absolute Gasteiger partial charge is 0.466 e. The number of aromatic nitrogens is 3. The molecule has 1 unspecified atom stereocenters. The van der Waals surface area contributed by atoms with Gasteiger partial charge >= 0.3 is 12.1 Å². The van der Waals surface area contributed by atoms with Gasteiger partial charge in [0.15, 0.2) is 14.0 Å². The molecular formula is C34H42BrCl2F3N4O4Si. The van der Waals surface area contributed by atoms with Crippen molar-refractivity contribution in [1.82, 2.24) is 19.7 Å². The van der Waals surface area contributed by atoms with Crippen molar-refractivity contribution in [2.45, 2.75) is 96.4 Å². The maximum atomic E-state index is 14.9. The first-order valence-electron chi connectivity index (χ1n) is 16.6. The third-order valence-electron chi connectivity index (χ3n) is 9.49. The maximum absolute atomic E-state index is 14.9. The Morgan fingerprint density at radius 3 is 2.18 bits per heavy atom. The van der Waals surface area contributed by atoms with Crippen LogP contribution in [-0.2, 0) is 26.7 Å². The summed E-state index contributed by atoms with van der Waals surface area (Å²) in [4.78, 5) is 32.2. The normalized spacial score (nSPS) is 17.5. The topological polar surface area (TPSA) is 86.6 Å². The number of nitrogens with zero attached hydrogens (tertiary/aromatic N) is 4. The molecule has 49 heavy (non-hydrogen) atoms. The summed E-state index contributed by atoms with van der Waals surface area (Å²) >= 11 is 16.8. The maximum Gasteiger partial charge on any atom is 0.433 e. The number of halogens is 6. The molecule has 0 N–H and O–H groups in total. The molecule has 1 aliphatic carbocycles. The highest BCUT2D eigenvalue weighted by atomic mass is 79.9. The smallest absolute Gasteiger partial charge is 0.433 e. The second-order valence-corrected chi connectivity index (χ2v) is 18.6. The summed E-state index contributed by atoms with van der Waals surface area (Å²) in [5, 5.41) is 4.62. The minimum Gasteiger partial charge on any atom is -0.466 e. The van der Waals surface area contributed by atoms with Crippen LogP contribution in [0, 0.1) is 5.92 Å². The summed E-state index contributed by atoms with van der Waals surface area (Å²) < 4.78 is 58.5. The summed E-state index contributed by atoms with van der Waals surface area (Å²) in [7, 11) is -2.39. The zero-order chi connectivity index (χ0) is 35.9. The van der Waals surface area contributed by atoms with Crippen molar-refractivity contribution in [3.8, 4) is 0 Å². The molecule has 2 heterocycles. The number of amides is 1. The first kappa shape index (κ1) is 39.3. The van der Waals surface area contributed by atoms with Gasteiger partial charge < -0.3 is 14.1 Å². The van der Waals surface area contributed by atoms with Gasteiger partial charge in [-0.25, -0.2) is 0 Å². The van der Waals surface area contributed by atoms with Gasteiger partial charge in [-0.3, -0.25) is 19.3 Å². The van der Waals surface area contributed by atoms with Crippen molar-refractivity contribution in [3.05, 3.63) is 79.8 Å². The van der Waals surface area contributed by atoms with Crippen molar-refractivity contribution < 1.29 is 31.9 Å². The van der Waals surface area contributed by atoms with Crippen molar-refractivity contribution in [3.63, 3.8) is 0 Å². The van der Waals surface area contributed by atoms with Crippen molar-refractivity contribution in [2.24, 2.45) is 5.92 Å². The van der Waals surface area contributed by atoms with Gasteiger partial charge in [0.2, 0.25) is 0 Å². The Labute approximate surface area is 304 Å². The Hall–Kier alpha value is -2.45. The fraction of sp³-hybridized carbons (Fsp3) is 0.529. The van der Waals surface area contributed by atoms with Crippen LogP contribution >= 0.6 is 39.1 Å². The molecule has 0 aliphatic heterocycles. The zero-order valence-corrected chi connectivity index (χ0v) is 32.1. The van der Waals surface area contributed by atoms with Crippen molar-refractivity contribution in [2.75, 3.05) is 13.2 Å². The molecule has 1 aromatic carbocycles. The third kappa shape index (κ3) is 9.27. The molecule has 0 radical (unpaired) electrons. The number of benzene rings is 1. The molecule has 0 bridgehead atoms. The molecule has 0 saturated heterocycles. The van der Waals surface area contributed by atoms with Gasteiger partial charge in [0.05, 0.1) is 53.0 Å². The average molecular weight is 807 g/mol. The monoisotopic (exact) mass is 804 g/mol. The van der Waals surface area contributed by atoms with E-state index < -0.39 is 43.8 Å². The summed E-state index contributed by atoms with van der Waals surface area (Å²) in [5.74, 6) is -1.58. The van der Waals surface area contributed by atoms with Gasteiger partial charge in [-0.15, -0.1) is 0 Å². The fourth-order valence-electron chi connectivity index (χ4n) is 6.53. The summed E-state index contributed by atoms with van der Waals surface area (Å²) in [6, 6.07) is 8.89. The Kier molecular flexibility index (Phi) is 13.8. The van der Waals surface area contributed by atoms with Gasteiger partial charge in [-0.1, -0.05) is 78.1 Å². The standard InChI is InChI=1S/C34H42BrCl2F3N4O4Si/c1-5-47-33(46)22-13-15-24(16-14-22)44-31(34(38,39)40)25(17-42-44)32(45)43(20-23-11-9-10-12-26(23)35)21-29(48-49(6-2,7-3)8-4)30-27(36)18-41-19-28(30)37/h9-12,17-19,22,24,29H,5-8,13-16,20-21H2,1-4H3/t22-,24-,29?. The van der Waals surface area contributed by atoms with Gasteiger partial charge in [-0.05, 0) is 62.4 Å². The zero-order valence-electron chi connectivity index (χ0n) is 28.0. The number of pyridine rings is 1. The van der Waals surface area contributed by atoms with E-state index in [1.807, 2.05) is 6.07 Å². The first-order valence-corrected chi connectivity index (χ1v) is 20.7. The van der Waals surface area contributed by atoms with E-state index in [9.17, 15) is 22.8 Å². The molecule has 8 nitrogen and oxygen atoms in total. The van der Waals surface area contributed by atoms with Crippen LogP contribution in [0.15, 0.2) is 47.3 Å². The lowest BCUT2D eigenvalue weighted by Gasteiger charge is -2.37. The first-order chi connectivity index (χ1) is 23.3. The molecular weight excluding hydrogens is 764 g/mol. The number of carbonyl (C=O) groups is 2. The second-order valence-electron chi connectivity index (χ2n) is 12.3. The van der Waals surface area contributed by atoms with E-state index in [1.165, 1.54) is 17.3 Å². The molecule has 15 heteroatoms. The number of alkyl halides is 3. The fourth-order valence-corrected chi connectivity index (χ4v) is 10.3. The van der Waals surface area contributed by atoms with Crippen LogP contribution in [0.5, 0.6) is 0 Å². The number of hydrogen-bond acceptors (Lipinski definition) is 6. The number of rotatable bonds is 14. The van der Waals surface area contributed by atoms with Crippen LogP contribution in [0.25, 0.3) is 0 Å². The molecule has 268 valence electrons. The molecule has 0 spiro atoms. The number of carbonyl (C=O) groups excluding carboxylic acids is 2. The van der Waals surface area contributed by atoms with E-state index in [4.69, 9.17) is 32.4 Å². The molecule has 4 rings (SSSR count). The third-order valence-corrected chi connectivity index (χ3v) is 15.5. The minimum atomic E-state index is -4.89. The number of ether oxygens (including phenoxy) is 1. The molecule has 1 amide bonds. The highest BCUT2D eigenvalue weighted by Crippen LogP contribution is 2.41. The van der Waals surface area contributed by atoms with Crippen molar-refractivity contribution in [1.29, 1.82) is 0 Å². The Bertz CT molecular complexity index is 1570. The lowest BCUT2D eigenvalue weighted by atomic mass is 9.86. The van der Waals surface area contributed by atoms with E-state index in [-0.39, 0.29) is 54.5 Å². The van der Waals surface area contributed by atoms with Crippen LogP contribution < -0.4 is 0 Å². The second kappa shape index (κ2) is 17.2. The van der Waals surface area contributed by atoms with Gasteiger partial charge in [0.25, 0.3) is 5.91 Å². The van der Waals surface area contributed by atoms with E-state index >= 15 is 0 Å². The number of esters is 1.